The molecule has 1 aromatic rings. The number of hydrazine groups is 1. The van der Waals surface area contributed by atoms with Gasteiger partial charge < -0.3 is 4.98 Å². The van der Waals surface area contributed by atoms with Crippen LogP contribution in [0.2, 0.25) is 0 Å². The van der Waals surface area contributed by atoms with E-state index in [9.17, 15) is 13.2 Å². The molecule has 0 aliphatic carbocycles. The molecular formula is C9H16N4O3S. The Morgan fingerprint density at radius 3 is 2.76 bits per heavy atom. The van der Waals surface area contributed by atoms with Crippen molar-refractivity contribution in [3.8, 4) is 0 Å². The zero-order chi connectivity index (χ0) is 13.1. The molecule has 8 heteroatoms. The van der Waals surface area contributed by atoms with Crippen LogP contribution in [0.3, 0.4) is 0 Å². The lowest BCUT2D eigenvalue weighted by Gasteiger charge is -2.10. The minimum atomic E-state index is -3.59. The van der Waals surface area contributed by atoms with E-state index in [4.69, 9.17) is 5.84 Å². The molecule has 0 aromatic carbocycles. The molecule has 17 heavy (non-hydrogen) atoms. The third-order valence-corrected chi connectivity index (χ3v) is 3.88. The molecule has 1 heterocycles. The van der Waals surface area contributed by atoms with Gasteiger partial charge in [0, 0.05) is 12.2 Å². The number of H-pyrrole nitrogens is 1. The number of nitrogen functional groups attached to an aromatic ring is 1. The maximum Gasteiger partial charge on any atom is 0.281 e. The number of aromatic amines is 1. The second-order valence-electron chi connectivity index (χ2n) is 3.65. The second-order valence-corrected chi connectivity index (χ2v) is 5.37. The molecule has 1 atom stereocenters. The Morgan fingerprint density at radius 1 is 1.59 bits per heavy atom. The largest absolute Gasteiger partial charge is 0.356 e. The number of nitrogens with one attached hydrogen (secondary N) is 3. The van der Waals surface area contributed by atoms with E-state index in [0.29, 0.717) is 6.42 Å². The van der Waals surface area contributed by atoms with Gasteiger partial charge in [0.15, 0.2) is 0 Å². The number of nitrogens with two attached hydrogens (primary N) is 1. The van der Waals surface area contributed by atoms with Gasteiger partial charge in [-0.1, -0.05) is 6.92 Å². The molecule has 1 amide bonds. The average molecular weight is 260 g/mol. The minimum Gasteiger partial charge on any atom is -0.356 e. The lowest BCUT2D eigenvalue weighted by molar-refractivity contribution is 0.0949. The molecule has 5 N–H and O–H groups in total. The van der Waals surface area contributed by atoms with Gasteiger partial charge in [0.2, 0.25) is 10.0 Å². The van der Waals surface area contributed by atoms with Crippen LogP contribution >= 0.6 is 0 Å². The number of carbonyl (C=O) groups excluding carboxylic acids is 1. The first-order valence-corrected chi connectivity index (χ1v) is 6.60. The lowest BCUT2D eigenvalue weighted by atomic mass is 10.3. The summed E-state index contributed by atoms with van der Waals surface area (Å²) < 4.78 is 26.1. The second kappa shape index (κ2) is 5.30. The van der Waals surface area contributed by atoms with Crippen LogP contribution in [0.4, 0.5) is 0 Å². The Balaban J connectivity index is 2.93. The maximum absolute atomic E-state index is 11.8. The summed E-state index contributed by atoms with van der Waals surface area (Å²) in [6.45, 7) is 3.63. The predicted molar refractivity (Wildman–Crippen MR) is 62.5 cm³/mol. The highest BCUT2D eigenvalue weighted by atomic mass is 32.2. The SMILES string of the molecule is CCC(C)NS(=O)(=O)c1c[nH]c(C(=O)NN)c1. The smallest absolute Gasteiger partial charge is 0.281 e. The van der Waals surface area contributed by atoms with Crippen molar-refractivity contribution in [2.75, 3.05) is 0 Å². The number of rotatable bonds is 5. The van der Waals surface area contributed by atoms with Gasteiger partial charge in [0.25, 0.3) is 5.91 Å². The van der Waals surface area contributed by atoms with Crippen LogP contribution < -0.4 is 16.0 Å². The van der Waals surface area contributed by atoms with Crippen molar-refractivity contribution in [2.45, 2.75) is 31.2 Å². The van der Waals surface area contributed by atoms with Crippen molar-refractivity contribution in [3.05, 3.63) is 18.0 Å². The molecular weight excluding hydrogens is 244 g/mol. The van der Waals surface area contributed by atoms with Gasteiger partial charge in [0.05, 0.1) is 0 Å². The first kappa shape index (κ1) is 13.7. The van der Waals surface area contributed by atoms with Crippen LogP contribution in [0, 0.1) is 0 Å². The highest BCUT2D eigenvalue weighted by molar-refractivity contribution is 7.89. The summed E-state index contributed by atoms with van der Waals surface area (Å²) in [4.78, 5) is 13.7. The molecule has 7 nitrogen and oxygen atoms in total. The number of aromatic nitrogens is 1. The average Bonchev–Trinajstić information content (AvgIpc) is 2.77. The fourth-order valence-corrected chi connectivity index (χ4v) is 2.47. The van der Waals surface area contributed by atoms with E-state index in [1.54, 1.807) is 6.92 Å². The molecule has 0 bridgehead atoms. The Labute approximate surface area is 99.8 Å². The lowest BCUT2D eigenvalue weighted by Crippen LogP contribution is -2.32. The van der Waals surface area contributed by atoms with Crippen LogP contribution in [-0.4, -0.2) is 25.4 Å². The summed E-state index contributed by atoms with van der Waals surface area (Å²) in [6, 6.07) is 1.06. The number of carbonyl (C=O) groups is 1. The molecule has 1 unspecified atom stereocenters. The third kappa shape index (κ3) is 3.29. The molecule has 96 valence electrons. The fraction of sp³-hybridized carbons (Fsp3) is 0.444. The summed E-state index contributed by atoms with van der Waals surface area (Å²) in [5.74, 6) is 4.37. The van der Waals surface area contributed by atoms with Crippen molar-refractivity contribution >= 4 is 15.9 Å². The van der Waals surface area contributed by atoms with Gasteiger partial charge in [-0.2, -0.15) is 0 Å². The summed E-state index contributed by atoms with van der Waals surface area (Å²) in [5, 5.41) is 0. The van der Waals surface area contributed by atoms with Crippen LogP contribution in [0.15, 0.2) is 17.2 Å². The molecule has 0 aliphatic rings. The zero-order valence-corrected chi connectivity index (χ0v) is 10.5. The van der Waals surface area contributed by atoms with Crippen molar-refractivity contribution < 1.29 is 13.2 Å². The van der Waals surface area contributed by atoms with Gasteiger partial charge in [-0.3, -0.25) is 10.2 Å². The number of hydrogen-bond acceptors (Lipinski definition) is 4. The third-order valence-electron chi connectivity index (χ3n) is 2.31. The Morgan fingerprint density at radius 2 is 2.24 bits per heavy atom. The van der Waals surface area contributed by atoms with E-state index in [2.05, 4.69) is 9.71 Å². The predicted octanol–water partition coefficient (Wildman–Crippen LogP) is -0.305. The van der Waals surface area contributed by atoms with E-state index < -0.39 is 15.9 Å². The molecule has 1 rings (SSSR count). The minimum absolute atomic E-state index is 0.0106. The summed E-state index contributed by atoms with van der Waals surface area (Å²) in [5.41, 5.74) is 2.01. The molecule has 0 saturated heterocycles. The molecule has 0 fully saturated rings. The topological polar surface area (TPSA) is 117 Å². The van der Waals surface area contributed by atoms with E-state index in [1.807, 2.05) is 12.3 Å². The van der Waals surface area contributed by atoms with E-state index in [0.717, 1.165) is 0 Å². The van der Waals surface area contributed by atoms with Gasteiger partial charge >= 0.3 is 0 Å². The van der Waals surface area contributed by atoms with Crippen molar-refractivity contribution in [3.63, 3.8) is 0 Å². The monoisotopic (exact) mass is 260 g/mol. The highest BCUT2D eigenvalue weighted by Crippen LogP contribution is 2.11. The Hall–Kier alpha value is -1.38. The zero-order valence-electron chi connectivity index (χ0n) is 9.65. The standard InChI is InChI=1S/C9H16N4O3S/c1-3-6(2)13-17(15,16)7-4-8(11-5-7)9(14)12-10/h4-6,11,13H,3,10H2,1-2H3,(H,12,14). The van der Waals surface area contributed by atoms with Gasteiger partial charge in [0.1, 0.15) is 10.6 Å². The van der Waals surface area contributed by atoms with Crippen molar-refractivity contribution in [1.29, 1.82) is 0 Å². The van der Waals surface area contributed by atoms with Crippen molar-refractivity contribution in [2.24, 2.45) is 5.84 Å². The maximum atomic E-state index is 11.8. The highest BCUT2D eigenvalue weighted by Gasteiger charge is 2.19. The normalized spacial score (nSPS) is 13.4. The van der Waals surface area contributed by atoms with Gasteiger partial charge in [-0.15, -0.1) is 0 Å². The van der Waals surface area contributed by atoms with Crippen LogP contribution in [0.25, 0.3) is 0 Å². The van der Waals surface area contributed by atoms with Crippen LogP contribution in [-0.2, 0) is 10.0 Å². The summed E-state index contributed by atoms with van der Waals surface area (Å²) in [6.07, 6.45) is 1.93. The molecule has 0 radical (unpaired) electrons. The van der Waals surface area contributed by atoms with E-state index in [1.165, 1.54) is 12.3 Å². The van der Waals surface area contributed by atoms with Crippen LogP contribution in [0.5, 0.6) is 0 Å². The molecule has 1 aromatic heterocycles. The van der Waals surface area contributed by atoms with E-state index >= 15 is 0 Å². The molecule has 0 spiro atoms. The van der Waals surface area contributed by atoms with Crippen LogP contribution in [0.1, 0.15) is 30.8 Å². The molecule has 0 aliphatic heterocycles. The van der Waals surface area contributed by atoms with E-state index in [-0.39, 0.29) is 16.6 Å². The quantitative estimate of drug-likeness (QED) is 0.330. The fourth-order valence-electron chi connectivity index (χ4n) is 1.15. The summed E-state index contributed by atoms with van der Waals surface area (Å²) >= 11 is 0. The number of amides is 1. The first-order valence-electron chi connectivity index (χ1n) is 5.12. The Kier molecular flexibility index (Phi) is 4.27. The Bertz CT molecular complexity index is 494. The molecule has 0 saturated carbocycles. The number of sulfonamides is 1. The van der Waals surface area contributed by atoms with Crippen molar-refractivity contribution in [1.82, 2.24) is 15.1 Å². The van der Waals surface area contributed by atoms with Gasteiger partial charge in [-0.25, -0.2) is 19.0 Å². The number of hydrogen-bond donors (Lipinski definition) is 4. The van der Waals surface area contributed by atoms with Gasteiger partial charge in [-0.05, 0) is 19.4 Å². The first-order chi connectivity index (χ1) is 7.90. The summed E-state index contributed by atoms with van der Waals surface area (Å²) in [7, 11) is -3.59.